The second kappa shape index (κ2) is 5.15. The Balaban J connectivity index is 1.89. The summed E-state index contributed by atoms with van der Waals surface area (Å²) in [5.41, 5.74) is 0. The Morgan fingerprint density at radius 2 is 1.17 bits per heavy atom. The third-order valence-corrected chi connectivity index (χ3v) is 6.10. The summed E-state index contributed by atoms with van der Waals surface area (Å²) in [6, 6.07) is 28.7. The summed E-state index contributed by atoms with van der Waals surface area (Å²) < 4.78 is 13.1. The van der Waals surface area contributed by atoms with Gasteiger partial charge in [-0.3, -0.25) is 0 Å². The zero-order valence-corrected chi connectivity index (χ0v) is 13.7. The van der Waals surface area contributed by atoms with Crippen LogP contribution in [0.4, 0.5) is 0 Å². The third kappa shape index (κ3) is 1.90. The predicted molar refractivity (Wildman–Crippen MR) is 101 cm³/mol. The molecule has 1 atom stereocenters. The maximum atomic E-state index is 13.1. The molecule has 0 saturated carbocycles. The highest BCUT2D eigenvalue weighted by Crippen LogP contribution is 2.37. The lowest BCUT2D eigenvalue weighted by atomic mass is 9.94. The molecule has 0 fully saturated rings. The molecule has 5 rings (SSSR count). The van der Waals surface area contributed by atoms with Crippen molar-refractivity contribution in [2.75, 3.05) is 0 Å². The van der Waals surface area contributed by atoms with Gasteiger partial charge in [0.2, 0.25) is 0 Å². The molecule has 0 aliphatic heterocycles. The molecule has 5 aromatic carbocycles. The van der Waals surface area contributed by atoms with Crippen molar-refractivity contribution in [1.82, 2.24) is 0 Å². The van der Waals surface area contributed by atoms with Crippen molar-refractivity contribution in [2.24, 2.45) is 0 Å². The number of rotatable bonds is 2. The molecule has 5 aromatic rings. The van der Waals surface area contributed by atoms with Gasteiger partial charge in [0, 0.05) is 4.90 Å². The molecule has 114 valence electrons. The highest BCUT2D eigenvalue weighted by atomic mass is 32.2. The fourth-order valence-electron chi connectivity index (χ4n) is 3.54. The predicted octanol–water partition coefficient (Wildman–Crippen LogP) is 5.75. The molecular formula is C22H14OS. The Bertz CT molecular complexity index is 1190. The first-order chi connectivity index (χ1) is 11.8. The topological polar surface area (TPSA) is 17.1 Å². The van der Waals surface area contributed by atoms with Gasteiger partial charge in [-0.2, -0.15) is 0 Å². The van der Waals surface area contributed by atoms with Crippen molar-refractivity contribution in [3.8, 4) is 0 Å². The monoisotopic (exact) mass is 326 g/mol. The van der Waals surface area contributed by atoms with Gasteiger partial charge in [-0.25, -0.2) is 4.21 Å². The summed E-state index contributed by atoms with van der Waals surface area (Å²) in [5.74, 6) is 0. The van der Waals surface area contributed by atoms with Crippen molar-refractivity contribution in [2.45, 2.75) is 9.79 Å². The Morgan fingerprint density at radius 1 is 0.542 bits per heavy atom. The summed E-state index contributed by atoms with van der Waals surface area (Å²) >= 11 is 0. The zero-order chi connectivity index (χ0) is 16.1. The highest BCUT2D eigenvalue weighted by Gasteiger charge is 2.15. The van der Waals surface area contributed by atoms with Crippen molar-refractivity contribution in [3.63, 3.8) is 0 Å². The van der Waals surface area contributed by atoms with Gasteiger partial charge in [0.05, 0.1) is 15.7 Å². The summed E-state index contributed by atoms with van der Waals surface area (Å²) in [6.45, 7) is 0. The summed E-state index contributed by atoms with van der Waals surface area (Å²) in [5, 5.41) is 7.22. The minimum Gasteiger partial charge on any atom is -0.249 e. The van der Waals surface area contributed by atoms with Gasteiger partial charge in [0.15, 0.2) is 0 Å². The number of hydrogen-bond acceptors (Lipinski definition) is 1. The van der Waals surface area contributed by atoms with Crippen molar-refractivity contribution in [3.05, 3.63) is 84.9 Å². The lowest BCUT2D eigenvalue weighted by Crippen LogP contribution is -1.95. The van der Waals surface area contributed by atoms with Gasteiger partial charge in [0.1, 0.15) is 0 Å². The van der Waals surface area contributed by atoms with E-state index in [0.29, 0.717) is 0 Å². The molecule has 0 N–H and O–H groups in total. The van der Waals surface area contributed by atoms with Gasteiger partial charge < -0.3 is 0 Å². The Kier molecular flexibility index (Phi) is 2.94. The largest absolute Gasteiger partial charge is 0.249 e. The van der Waals surface area contributed by atoms with E-state index in [2.05, 4.69) is 48.5 Å². The molecular weight excluding hydrogens is 312 g/mol. The van der Waals surface area contributed by atoms with E-state index in [-0.39, 0.29) is 0 Å². The number of hydrogen-bond donors (Lipinski definition) is 0. The first-order valence-corrected chi connectivity index (χ1v) is 9.11. The van der Waals surface area contributed by atoms with Crippen LogP contribution in [0.2, 0.25) is 0 Å². The molecule has 0 spiro atoms. The molecule has 0 saturated heterocycles. The van der Waals surface area contributed by atoms with E-state index in [1.807, 2.05) is 36.4 Å². The third-order valence-electron chi connectivity index (χ3n) is 4.65. The van der Waals surface area contributed by atoms with Crippen LogP contribution in [0, 0.1) is 0 Å². The Morgan fingerprint density at radius 3 is 1.92 bits per heavy atom. The molecule has 1 unspecified atom stereocenters. The SMILES string of the molecule is O=S(c1ccccc1)c1ccc2ccc3cccc4ccc1c2c34. The van der Waals surface area contributed by atoms with E-state index in [4.69, 9.17) is 0 Å². The van der Waals surface area contributed by atoms with Gasteiger partial charge in [-0.1, -0.05) is 66.7 Å². The molecule has 0 amide bonds. The standard InChI is InChI=1S/C22H14OS/c23-24(18-7-2-1-3-8-18)20-14-12-17-10-9-15-5-4-6-16-11-13-19(20)22(17)21(15)16/h1-14H. The fraction of sp³-hybridized carbons (Fsp3) is 0. The maximum absolute atomic E-state index is 13.1. The first kappa shape index (κ1) is 13.7. The van der Waals surface area contributed by atoms with E-state index < -0.39 is 10.8 Å². The molecule has 0 heterocycles. The highest BCUT2D eigenvalue weighted by molar-refractivity contribution is 7.85. The summed E-state index contributed by atoms with van der Waals surface area (Å²) in [6.07, 6.45) is 0. The van der Waals surface area contributed by atoms with E-state index in [1.165, 1.54) is 26.9 Å². The van der Waals surface area contributed by atoms with Gasteiger partial charge in [-0.05, 0) is 50.5 Å². The summed E-state index contributed by atoms with van der Waals surface area (Å²) in [4.78, 5) is 1.72. The van der Waals surface area contributed by atoms with Crippen molar-refractivity contribution < 1.29 is 4.21 Å². The quantitative estimate of drug-likeness (QED) is 0.377. The van der Waals surface area contributed by atoms with Gasteiger partial charge >= 0.3 is 0 Å². The van der Waals surface area contributed by atoms with E-state index in [0.717, 1.165) is 15.2 Å². The Labute approximate surface area is 142 Å². The van der Waals surface area contributed by atoms with Crippen LogP contribution in [0.1, 0.15) is 0 Å². The van der Waals surface area contributed by atoms with Crippen molar-refractivity contribution >= 4 is 43.1 Å². The van der Waals surface area contributed by atoms with Crippen LogP contribution >= 0.6 is 0 Å². The molecule has 2 heteroatoms. The molecule has 0 aliphatic rings. The number of benzene rings is 5. The van der Waals surface area contributed by atoms with Crippen LogP contribution in [0.25, 0.3) is 32.3 Å². The van der Waals surface area contributed by atoms with Crippen LogP contribution in [0.5, 0.6) is 0 Å². The van der Waals surface area contributed by atoms with Crippen LogP contribution in [-0.4, -0.2) is 4.21 Å². The van der Waals surface area contributed by atoms with Crippen LogP contribution in [0.3, 0.4) is 0 Å². The van der Waals surface area contributed by atoms with Gasteiger partial charge in [-0.15, -0.1) is 0 Å². The van der Waals surface area contributed by atoms with E-state index >= 15 is 0 Å². The lowest BCUT2D eigenvalue weighted by molar-refractivity contribution is 0.684. The first-order valence-electron chi connectivity index (χ1n) is 7.96. The van der Waals surface area contributed by atoms with Crippen LogP contribution < -0.4 is 0 Å². The Hall–Kier alpha value is -2.71. The lowest BCUT2D eigenvalue weighted by Gasteiger charge is -2.13. The van der Waals surface area contributed by atoms with E-state index in [1.54, 1.807) is 0 Å². The molecule has 0 aliphatic carbocycles. The minimum atomic E-state index is -1.18. The summed E-state index contributed by atoms with van der Waals surface area (Å²) in [7, 11) is -1.18. The molecule has 0 radical (unpaired) electrons. The average molecular weight is 326 g/mol. The normalized spacial score (nSPS) is 13.0. The molecule has 0 bridgehead atoms. The fourth-order valence-corrected chi connectivity index (χ4v) is 4.76. The van der Waals surface area contributed by atoms with Crippen LogP contribution in [-0.2, 0) is 10.8 Å². The second-order valence-electron chi connectivity index (χ2n) is 6.00. The van der Waals surface area contributed by atoms with Crippen molar-refractivity contribution in [1.29, 1.82) is 0 Å². The molecule has 0 aromatic heterocycles. The second-order valence-corrected chi connectivity index (χ2v) is 7.45. The van der Waals surface area contributed by atoms with E-state index in [9.17, 15) is 4.21 Å². The van der Waals surface area contributed by atoms with Crippen LogP contribution in [0.15, 0.2) is 94.7 Å². The smallest absolute Gasteiger partial charge is 0.0855 e. The molecule has 24 heavy (non-hydrogen) atoms. The maximum Gasteiger partial charge on any atom is 0.0855 e. The molecule has 1 nitrogen and oxygen atoms in total. The zero-order valence-electron chi connectivity index (χ0n) is 12.9. The average Bonchev–Trinajstić information content (AvgIpc) is 2.66. The van der Waals surface area contributed by atoms with Gasteiger partial charge in [0.25, 0.3) is 0 Å². The minimum absolute atomic E-state index is 0.840.